The lowest BCUT2D eigenvalue weighted by Crippen LogP contribution is -2.11. The number of halogens is 2. The average molecular weight is 307 g/mol. The first kappa shape index (κ1) is 15.5. The van der Waals surface area contributed by atoms with Gasteiger partial charge in [-0.3, -0.25) is 4.79 Å². The fourth-order valence-electron chi connectivity index (χ4n) is 1.94. The van der Waals surface area contributed by atoms with Gasteiger partial charge in [0.25, 0.3) is 0 Å². The Bertz CT molecular complexity index is 623. The number of benzene rings is 2. The average Bonchev–Trinajstić information content (AvgIpc) is 2.49. The summed E-state index contributed by atoms with van der Waals surface area (Å²) < 4.78 is 18.5. The first-order valence-corrected chi connectivity index (χ1v) is 7.18. The second-order valence-corrected chi connectivity index (χ2v) is 5.14. The van der Waals surface area contributed by atoms with Crippen molar-refractivity contribution in [3.63, 3.8) is 0 Å². The molecule has 0 saturated carbocycles. The Hall–Kier alpha value is -1.87. The van der Waals surface area contributed by atoms with E-state index in [2.05, 4.69) is 6.92 Å². The molecule has 21 heavy (non-hydrogen) atoms. The molecule has 0 aliphatic heterocycles. The molecule has 0 aliphatic rings. The summed E-state index contributed by atoms with van der Waals surface area (Å²) in [5.74, 6) is -0.424. The largest absolute Gasteiger partial charge is 0.485 e. The maximum Gasteiger partial charge on any atom is 0.200 e. The van der Waals surface area contributed by atoms with Crippen molar-refractivity contribution in [2.45, 2.75) is 19.8 Å². The number of carbonyl (C=O) groups is 1. The Morgan fingerprint density at radius 3 is 2.52 bits per heavy atom. The lowest BCUT2D eigenvalue weighted by atomic mass is 10.1. The summed E-state index contributed by atoms with van der Waals surface area (Å²) in [7, 11) is 0. The van der Waals surface area contributed by atoms with Crippen LogP contribution in [0.3, 0.4) is 0 Å². The maximum absolute atomic E-state index is 13.2. The van der Waals surface area contributed by atoms with E-state index in [1.807, 2.05) is 12.1 Å². The van der Waals surface area contributed by atoms with Crippen molar-refractivity contribution >= 4 is 17.4 Å². The third-order valence-electron chi connectivity index (χ3n) is 3.08. The van der Waals surface area contributed by atoms with Gasteiger partial charge in [-0.25, -0.2) is 4.39 Å². The minimum absolute atomic E-state index is 0.0280. The summed E-state index contributed by atoms with van der Waals surface area (Å²) in [6.07, 6.45) is 2.06. The van der Waals surface area contributed by atoms with Crippen LogP contribution in [0, 0.1) is 5.82 Å². The van der Waals surface area contributed by atoms with E-state index in [1.165, 1.54) is 23.8 Å². The van der Waals surface area contributed by atoms with Crippen LogP contribution in [-0.4, -0.2) is 12.4 Å². The van der Waals surface area contributed by atoms with E-state index in [9.17, 15) is 9.18 Å². The van der Waals surface area contributed by atoms with Crippen molar-refractivity contribution in [2.75, 3.05) is 6.61 Å². The quantitative estimate of drug-likeness (QED) is 0.723. The number of hydrogen-bond donors (Lipinski definition) is 0. The highest BCUT2D eigenvalue weighted by Gasteiger charge is 2.08. The topological polar surface area (TPSA) is 26.3 Å². The van der Waals surface area contributed by atoms with Crippen LogP contribution in [-0.2, 0) is 6.42 Å². The minimum Gasteiger partial charge on any atom is -0.485 e. The molecule has 0 N–H and O–H groups in total. The summed E-state index contributed by atoms with van der Waals surface area (Å²) in [4.78, 5) is 12.0. The number of rotatable bonds is 6. The molecule has 2 rings (SSSR count). The lowest BCUT2D eigenvalue weighted by molar-refractivity contribution is 0.0921. The lowest BCUT2D eigenvalue weighted by Gasteiger charge is -2.07. The van der Waals surface area contributed by atoms with Gasteiger partial charge in [0.15, 0.2) is 12.4 Å². The minimum atomic E-state index is -0.564. The highest BCUT2D eigenvalue weighted by atomic mass is 35.5. The molecule has 0 unspecified atom stereocenters. The Kier molecular flexibility index (Phi) is 5.34. The molecule has 0 radical (unpaired) electrons. The Morgan fingerprint density at radius 1 is 1.19 bits per heavy atom. The van der Waals surface area contributed by atoms with E-state index in [1.54, 1.807) is 12.1 Å². The molecule has 2 aromatic rings. The zero-order valence-corrected chi connectivity index (χ0v) is 12.5. The highest BCUT2D eigenvalue weighted by Crippen LogP contribution is 2.20. The van der Waals surface area contributed by atoms with Crippen molar-refractivity contribution in [1.82, 2.24) is 0 Å². The molecule has 0 heterocycles. The summed E-state index contributed by atoms with van der Waals surface area (Å²) in [6.45, 7) is 1.98. The van der Waals surface area contributed by atoms with Crippen LogP contribution in [0.1, 0.15) is 29.3 Å². The zero-order valence-electron chi connectivity index (χ0n) is 11.7. The number of ether oxygens (including phenoxy) is 1. The SMILES string of the molecule is CCCc1ccc(C(=O)COc2ccc(Cl)c(F)c2)cc1. The van der Waals surface area contributed by atoms with E-state index in [0.717, 1.165) is 12.8 Å². The Labute approximate surface area is 128 Å². The Morgan fingerprint density at radius 2 is 1.90 bits per heavy atom. The van der Waals surface area contributed by atoms with Gasteiger partial charge in [0, 0.05) is 11.6 Å². The standard InChI is InChI=1S/C17H16ClFO2/c1-2-3-12-4-6-13(7-5-12)17(20)11-21-14-8-9-15(18)16(19)10-14/h4-10H,2-3,11H2,1H3. The molecule has 2 nitrogen and oxygen atoms in total. The predicted octanol–water partition coefficient (Wildman–Crippen LogP) is 4.69. The van der Waals surface area contributed by atoms with Crippen LogP contribution >= 0.6 is 11.6 Å². The number of hydrogen-bond acceptors (Lipinski definition) is 2. The molecule has 2 aromatic carbocycles. The van der Waals surface area contributed by atoms with Gasteiger partial charge in [-0.15, -0.1) is 0 Å². The molecule has 110 valence electrons. The zero-order chi connectivity index (χ0) is 15.2. The van der Waals surface area contributed by atoms with Gasteiger partial charge >= 0.3 is 0 Å². The molecule has 0 spiro atoms. The van der Waals surface area contributed by atoms with Gasteiger partial charge in [0.2, 0.25) is 0 Å². The monoisotopic (exact) mass is 306 g/mol. The van der Waals surface area contributed by atoms with Crippen molar-refractivity contribution in [2.24, 2.45) is 0 Å². The number of ketones is 1. The van der Waals surface area contributed by atoms with Gasteiger partial charge in [-0.05, 0) is 24.1 Å². The molecule has 0 aliphatic carbocycles. The number of carbonyl (C=O) groups excluding carboxylic acids is 1. The second kappa shape index (κ2) is 7.23. The first-order chi connectivity index (χ1) is 10.1. The van der Waals surface area contributed by atoms with E-state index in [4.69, 9.17) is 16.3 Å². The molecule has 4 heteroatoms. The van der Waals surface area contributed by atoms with Crippen LogP contribution in [0.5, 0.6) is 5.75 Å². The van der Waals surface area contributed by atoms with Crippen LogP contribution in [0.4, 0.5) is 4.39 Å². The van der Waals surface area contributed by atoms with E-state index < -0.39 is 5.82 Å². The van der Waals surface area contributed by atoms with E-state index in [-0.39, 0.29) is 23.2 Å². The van der Waals surface area contributed by atoms with E-state index >= 15 is 0 Å². The fraction of sp³-hybridized carbons (Fsp3) is 0.235. The fourth-order valence-corrected chi connectivity index (χ4v) is 2.06. The van der Waals surface area contributed by atoms with Gasteiger partial charge in [0.1, 0.15) is 11.6 Å². The Balaban J connectivity index is 1.96. The smallest absolute Gasteiger partial charge is 0.200 e. The van der Waals surface area contributed by atoms with Gasteiger partial charge < -0.3 is 4.74 Å². The maximum atomic E-state index is 13.2. The third kappa shape index (κ3) is 4.30. The van der Waals surface area contributed by atoms with Gasteiger partial charge in [-0.1, -0.05) is 49.2 Å². The molecule has 0 atom stereocenters. The van der Waals surface area contributed by atoms with Gasteiger partial charge in [0.05, 0.1) is 5.02 Å². The molecule has 0 saturated heterocycles. The van der Waals surface area contributed by atoms with Crippen LogP contribution in [0.2, 0.25) is 5.02 Å². The van der Waals surface area contributed by atoms with Crippen molar-refractivity contribution < 1.29 is 13.9 Å². The van der Waals surface area contributed by atoms with Crippen molar-refractivity contribution in [3.8, 4) is 5.75 Å². The molecular formula is C17H16ClFO2. The van der Waals surface area contributed by atoms with E-state index in [0.29, 0.717) is 5.56 Å². The highest BCUT2D eigenvalue weighted by molar-refractivity contribution is 6.30. The van der Waals surface area contributed by atoms with Crippen molar-refractivity contribution in [3.05, 3.63) is 64.4 Å². The van der Waals surface area contributed by atoms with Crippen molar-refractivity contribution in [1.29, 1.82) is 0 Å². The van der Waals surface area contributed by atoms with Gasteiger partial charge in [-0.2, -0.15) is 0 Å². The molecule has 0 amide bonds. The normalized spacial score (nSPS) is 10.4. The second-order valence-electron chi connectivity index (χ2n) is 4.73. The summed E-state index contributed by atoms with van der Waals surface area (Å²) in [5, 5.41) is 0.0280. The van der Waals surface area contributed by atoms with Crippen LogP contribution in [0.15, 0.2) is 42.5 Å². The molecule has 0 fully saturated rings. The van der Waals surface area contributed by atoms with Crippen LogP contribution in [0.25, 0.3) is 0 Å². The summed E-state index contributed by atoms with van der Waals surface area (Å²) in [5.41, 5.74) is 1.79. The number of Topliss-reactive ketones (excluding diaryl/α,β-unsaturated/α-hetero) is 1. The number of aryl methyl sites for hydroxylation is 1. The first-order valence-electron chi connectivity index (χ1n) is 6.80. The molecule has 0 bridgehead atoms. The van der Waals surface area contributed by atoms with Crippen LogP contribution < -0.4 is 4.74 Å². The summed E-state index contributed by atoms with van der Waals surface area (Å²) in [6, 6.07) is 11.6. The molecular weight excluding hydrogens is 291 g/mol. The molecule has 0 aromatic heterocycles. The summed E-state index contributed by atoms with van der Waals surface area (Å²) >= 11 is 5.58. The predicted molar refractivity (Wildman–Crippen MR) is 81.7 cm³/mol. The third-order valence-corrected chi connectivity index (χ3v) is 3.38.